The minimum Gasteiger partial charge on any atom is -0.387 e. The summed E-state index contributed by atoms with van der Waals surface area (Å²) in [6.07, 6.45) is -4.15. The van der Waals surface area contributed by atoms with Crippen molar-refractivity contribution in [2.75, 3.05) is 19.5 Å². The van der Waals surface area contributed by atoms with Crippen LogP contribution in [0.1, 0.15) is 13.2 Å². The molecule has 0 amide bonds. The lowest BCUT2D eigenvalue weighted by molar-refractivity contribution is -0.182. The molecule has 0 aromatic carbocycles. The van der Waals surface area contributed by atoms with Crippen LogP contribution in [-0.4, -0.2) is 62.8 Å². The molecule has 0 radical (unpaired) electrons. The van der Waals surface area contributed by atoms with Crippen LogP contribution in [0.5, 0.6) is 0 Å². The highest BCUT2D eigenvalue weighted by atomic mass is 31.2. The highest BCUT2D eigenvalue weighted by Crippen LogP contribution is 2.39. The van der Waals surface area contributed by atoms with Gasteiger partial charge in [0.15, 0.2) is 12.5 Å². The van der Waals surface area contributed by atoms with E-state index in [4.69, 9.17) is 29.7 Å². The number of anilines is 1. The molecule has 5 N–H and O–H groups in total. The molecule has 2 rings (SSSR count). The quantitative estimate of drug-likeness (QED) is 0.322. The van der Waals surface area contributed by atoms with Gasteiger partial charge in [-0.25, -0.2) is 9.36 Å². The standard InChI is InChI=1S/C12H20N3O9P/c1-6(21-2)23-10-9(16)7(5-22-25(18,19)20)24-11(10)15-4-3-8(13)14-12(15)17/h3-4,6-7,9-11,16H,5H2,1-2H3,(H2,13,14,17)(H2,18,19,20)/t6?,7-,9-,10-,11-/m1/s1. The van der Waals surface area contributed by atoms with E-state index in [1.54, 1.807) is 6.92 Å². The van der Waals surface area contributed by atoms with Crippen LogP contribution in [-0.2, 0) is 23.3 Å². The van der Waals surface area contributed by atoms with Crippen LogP contribution in [0.25, 0.3) is 0 Å². The lowest BCUT2D eigenvalue weighted by Crippen LogP contribution is -2.40. The van der Waals surface area contributed by atoms with E-state index in [9.17, 15) is 14.5 Å². The number of aliphatic hydroxyl groups is 1. The second-order valence-corrected chi connectivity index (χ2v) is 6.53. The van der Waals surface area contributed by atoms with Crippen molar-refractivity contribution in [2.24, 2.45) is 0 Å². The Balaban J connectivity index is 2.27. The molecule has 1 unspecified atom stereocenters. The Morgan fingerprint density at radius 3 is 2.76 bits per heavy atom. The first-order valence-corrected chi connectivity index (χ1v) is 8.72. The van der Waals surface area contributed by atoms with Crippen molar-refractivity contribution in [3.8, 4) is 0 Å². The van der Waals surface area contributed by atoms with Gasteiger partial charge in [-0.05, 0) is 13.0 Å². The number of hydrogen-bond donors (Lipinski definition) is 4. The van der Waals surface area contributed by atoms with Gasteiger partial charge in [-0.15, -0.1) is 0 Å². The monoisotopic (exact) mass is 381 g/mol. The molecule has 1 aliphatic rings. The third kappa shape index (κ3) is 5.06. The zero-order chi connectivity index (χ0) is 18.8. The molecule has 12 nitrogen and oxygen atoms in total. The van der Waals surface area contributed by atoms with Gasteiger partial charge in [-0.2, -0.15) is 4.98 Å². The van der Waals surface area contributed by atoms with Crippen LogP contribution in [0.15, 0.2) is 17.1 Å². The Hall–Kier alpha value is -1.37. The second kappa shape index (κ2) is 7.89. The first-order chi connectivity index (χ1) is 11.6. The fraction of sp³-hybridized carbons (Fsp3) is 0.667. The molecule has 0 bridgehead atoms. The molecule has 13 heteroatoms. The number of phosphoric ester groups is 1. The van der Waals surface area contributed by atoms with Crippen molar-refractivity contribution in [3.05, 3.63) is 22.7 Å². The predicted octanol–water partition coefficient (Wildman–Crippen LogP) is -1.43. The summed E-state index contributed by atoms with van der Waals surface area (Å²) in [7, 11) is -3.38. The van der Waals surface area contributed by atoms with Crippen molar-refractivity contribution >= 4 is 13.6 Å². The van der Waals surface area contributed by atoms with E-state index in [-0.39, 0.29) is 5.82 Å². The van der Waals surface area contributed by atoms with Crippen molar-refractivity contribution in [1.29, 1.82) is 0 Å². The van der Waals surface area contributed by atoms with Crippen LogP contribution in [0.4, 0.5) is 5.82 Å². The Kier molecular flexibility index (Phi) is 6.30. The summed E-state index contributed by atoms with van der Waals surface area (Å²) >= 11 is 0. The van der Waals surface area contributed by atoms with Crippen molar-refractivity contribution < 1.29 is 38.2 Å². The predicted molar refractivity (Wildman–Crippen MR) is 82.2 cm³/mol. The van der Waals surface area contributed by atoms with Gasteiger partial charge in [0, 0.05) is 13.3 Å². The van der Waals surface area contributed by atoms with Gasteiger partial charge in [0.25, 0.3) is 0 Å². The van der Waals surface area contributed by atoms with E-state index in [0.29, 0.717) is 0 Å². The highest BCUT2D eigenvalue weighted by Gasteiger charge is 2.47. The van der Waals surface area contributed by atoms with E-state index in [1.807, 2.05) is 0 Å². The number of aliphatic hydroxyl groups excluding tert-OH is 1. The highest BCUT2D eigenvalue weighted by molar-refractivity contribution is 7.46. The molecule has 5 atom stereocenters. The summed E-state index contributed by atoms with van der Waals surface area (Å²) in [4.78, 5) is 33.2. The lowest BCUT2D eigenvalue weighted by atomic mass is 10.1. The zero-order valence-electron chi connectivity index (χ0n) is 13.5. The third-order valence-corrected chi connectivity index (χ3v) is 4.01. The maximum Gasteiger partial charge on any atom is 0.469 e. The number of nitrogens with zero attached hydrogens (tertiary/aromatic N) is 2. The molecular formula is C12H20N3O9P. The van der Waals surface area contributed by atoms with E-state index in [0.717, 1.165) is 4.57 Å². The molecule has 1 saturated heterocycles. The summed E-state index contributed by atoms with van der Waals surface area (Å²) in [5.74, 6) is 0.00362. The second-order valence-electron chi connectivity index (χ2n) is 5.29. The van der Waals surface area contributed by atoms with Gasteiger partial charge in [0.05, 0.1) is 6.61 Å². The molecule has 1 aromatic heterocycles. The number of hydrogen-bond acceptors (Lipinski definition) is 9. The van der Waals surface area contributed by atoms with E-state index in [1.165, 1.54) is 19.4 Å². The average Bonchev–Trinajstić information content (AvgIpc) is 2.81. The minimum absolute atomic E-state index is 0.00362. The van der Waals surface area contributed by atoms with Crippen molar-refractivity contribution in [1.82, 2.24) is 9.55 Å². The summed E-state index contributed by atoms with van der Waals surface area (Å²) in [5.41, 5.74) is 4.70. The fourth-order valence-electron chi connectivity index (χ4n) is 2.29. The van der Waals surface area contributed by atoms with Crippen LogP contribution < -0.4 is 11.4 Å². The van der Waals surface area contributed by atoms with Gasteiger partial charge in [0.2, 0.25) is 0 Å². The fourth-order valence-corrected chi connectivity index (χ4v) is 2.63. The smallest absolute Gasteiger partial charge is 0.387 e. The third-order valence-electron chi connectivity index (χ3n) is 3.53. The van der Waals surface area contributed by atoms with Gasteiger partial charge >= 0.3 is 13.5 Å². The van der Waals surface area contributed by atoms with Crippen LogP contribution in [0.3, 0.4) is 0 Å². The van der Waals surface area contributed by atoms with Gasteiger partial charge in [-0.1, -0.05) is 0 Å². The molecule has 0 saturated carbocycles. The molecule has 0 aliphatic carbocycles. The van der Waals surface area contributed by atoms with Crippen LogP contribution in [0.2, 0.25) is 0 Å². The number of methoxy groups -OCH3 is 1. The minimum atomic E-state index is -4.76. The average molecular weight is 381 g/mol. The largest absolute Gasteiger partial charge is 0.469 e. The number of nitrogen functional groups attached to an aromatic ring is 1. The normalized spacial score (nSPS) is 28.2. The van der Waals surface area contributed by atoms with E-state index in [2.05, 4.69) is 9.51 Å². The molecule has 1 fully saturated rings. The Labute approximate surface area is 142 Å². The van der Waals surface area contributed by atoms with Gasteiger partial charge < -0.3 is 34.8 Å². The topological polar surface area (TPSA) is 176 Å². The summed E-state index contributed by atoms with van der Waals surface area (Å²) in [6, 6.07) is 1.35. The summed E-state index contributed by atoms with van der Waals surface area (Å²) < 4.78 is 32.3. The summed E-state index contributed by atoms with van der Waals surface area (Å²) in [6.45, 7) is 0.952. The number of phosphoric acid groups is 1. The SMILES string of the molecule is COC(C)O[C@@H]1[C@H](O)[C@@H](COP(=O)(O)O)O[C@H]1n1ccc(N)nc1=O. The molecular weight excluding hydrogens is 361 g/mol. The van der Waals surface area contributed by atoms with Gasteiger partial charge in [-0.3, -0.25) is 9.09 Å². The summed E-state index contributed by atoms with van der Waals surface area (Å²) in [5, 5.41) is 10.4. The number of nitrogens with two attached hydrogens (primary N) is 1. The maximum absolute atomic E-state index is 12.0. The van der Waals surface area contributed by atoms with Crippen molar-refractivity contribution in [3.63, 3.8) is 0 Å². The molecule has 25 heavy (non-hydrogen) atoms. The maximum atomic E-state index is 12.0. The number of aromatic nitrogens is 2. The Morgan fingerprint density at radius 1 is 1.52 bits per heavy atom. The molecule has 1 aliphatic heterocycles. The van der Waals surface area contributed by atoms with E-state index < -0.39 is 50.9 Å². The molecule has 0 spiro atoms. The van der Waals surface area contributed by atoms with Crippen LogP contribution >= 0.6 is 7.82 Å². The molecule has 2 heterocycles. The van der Waals surface area contributed by atoms with Crippen LogP contribution in [0, 0.1) is 0 Å². The Morgan fingerprint density at radius 2 is 2.20 bits per heavy atom. The molecule has 1 aromatic rings. The number of ether oxygens (including phenoxy) is 3. The first kappa shape index (κ1) is 19.9. The number of rotatable bonds is 7. The van der Waals surface area contributed by atoms with E-state index >= 15 is 0 Å². The molecule has 142 valence electrons. The lowest BCUT2D eigenvalue weighted by Gasteiger charge is -2.24. The zero-order valence-corrected chi connectivity index (χ0v) is 14.4. The van der Waals surface area contributed by atoms with Gasteiger partial charge in [0.1, 0.15) is 24.1 Å². The van der Waals surface area contributed by atoms with Crippen molar-refractivity contribution in [2.45, 2.75) is 37.8 Å². The Bertz CT molecular complexity index is 693. The first-order valence-electron chi connectivity index (χ1n) is 7.19.